The van der Waals surface area contributed by atoms with Gasteiger partial charge in [0.1, 0.15) is 19.0 Å². The Kier molecular flexibility index (Phi) is 31.0. The van der Waals surface area contributed by atoms with Crippen LogP contribution in [-0.2, 0) is 23.9 Å². The van der Waals surface area contributed by atoms with E-state index in [1.54, 1.807) is 0 Å². The summed E-state index contributed by atoms with van der Waals surface area (Å²) in [5, 5.41) is 0. The van der Waals surface area contributed by atoms with Gasteiger partial charge in [-0.2, -0.15) is 0 Å². The van der Waals surface area contributed by atoms with E-state index in [0.29, 0.717) is 25.7 Å². The van der Waals surface area contributed by atoms with E-state index in [0.717, 1.165) is 38.4 Å². The maximum absolute atomic E-state index is 12.3. The van der Waals surface area contributed by atoms with Crippen molar-refractivity contribution >= 4 is 18.2 Å². The zero-order valence-electron chi connectivity index (χ0n) is 26.7. The van der Waals surface area contributed by atoms with Crippen molar-refractivity contribution in [3.63, 3.8) is 0 Å². The second kappa shape index (κ2) is 32.1. The summed E-state index contributed by atoms with van der Waals surface area (Å²) in [6.07, 6.45) is 31.9. The van der Waals surface area contributed by atoms with Gasteiger partial charge in [0.25, 0.3) is 0 Å². The number of aldehydes is 1. The molecule has 0 N–H and O–H groups in total. The van der Waals surface area contributed by atoms with Gasteiger partial charge in [-0.15, -0.1) is 0 Å². The lowest BCUT2D eigenvalue weighted by atomic mass is 10.0. The highest BCUT2D eigenvalue weighted by atomic mass is 16.6. The van der Waals surface area contributed by atoms with Gasteiger partial charge in [0.15, 0.2) is 0 Å². The summed E-state index contributed by atoms with van der Waals surface area (Å²) in [6, 6.07) is 0. The number of hydrogen-bond acceptors (Lipinski definition) is 5. The van der Waals surface area contributed by atoms with Crippen molar-refractivity contribution in [3.8, 4) is 0 Å². The van der Waals surface area contributed by atoms with Crippen LogP contribution < -0.4 is 0 Å². The molecule has 1 unspecified atom stereocenters. The Hall–Kier alpha value is -1.39. The molecule has 0 saturated carbocycles. The van der Waals surface area contributed by atoms with E-state index in [1.807, 2.05) is 0 Å². The van der Waals surface area contributed by atoms with Crippen LogP contribution >= 0.6 is 0 Å². The maximum atomic E-state index is 12.3. The third-order valence-corrected chi connectivity index (χ3v) is 7.80. The first-order chi connectivity index (χ1) is 19.6. The van der Waals surface area contributed by atoms with Gasteiger partial charge >= 0.3 is 11.9 Å². The molecule has 0 bridgehead atoms. The van der Waals surface area contributed by atoms with Gasteiger partial charge in [-0.3, -0.25) is 9.59 Å². The predicted octanol–water partition coefficient (Wildman–Crippen LogP) is 10.6. The highest BCUT2D eigenvalue weighted by molar-refractivity contribution is 5.70. The minimum absolute atomic E-state index is 0.0507. The Labute approximate surface area is 248 Å². The fourth-order valence-electron chi connectivity index (χ4n) is 5.15. The van der Waals surface area contributed by atoms with E-state index >= 15 is 0 Å². The molecule has 0 aliphatic carbocycles. The standard InChI is InChI=1S/C35H66O5/c1-3-5-7-9-11-13-15-17-19-21-23-25-29-34(37)39-32-33(28-27-31-36)40-35(38)30-26-24-22-20-18-16-14-12-10-8-6-4-2/h31,33H,3-30,32H2,1-2H3. The van der Waals surface area contributed by atoms with E-state index in [4.69, 9.17) is 9.47 Å². The Balaban J connectivity index is 3.76. The Morgan fingerprint density at radius 1 is 0.525 bits per heavy atom. The van der Waals surface area contributed by atoms with Crippen LogP contribution in [0.25, 0.3) is 0 Å². The number of ether oxygens (including phenoxy) is 2. The SMILES string of the molecule is CCCCCCCCCCCCCCC(=O)OCC(CCC=O)OC(=O)CCCCCCCCCCCCCC. The fraction of sp³-hybridized carbons (Fsp3) is 0.914. The monoisotopic (exact) mass is 566 g/mol. The molecule has 0 heterocycles. The molecule has 5 heteroatoms. The van der Waals surface area contributed by atoms with Crippen molar-refractivity contribution in [2.75, 3.05) is 6.61 Å². The van der Waals surface area contributed by atoms with Crippen molar-refractivity contribution in [1.82, 2.24) is 0 Å². The molecule has 0 amide bonds. The van der Waals surface area contributed by atoms with E-state index in [2.05, 4.69) is 13.8 Å². The van der Waals surface area contributed by atoms with Gasteiger partial charge in [-0.05, 0) is 19.3 Å². The van der Waals surface area contributed by atoms with Gasteiger partial charge in [0, 0.05) is 19.3 Å². The average molecular weight is 567 g/mol. The van der Waals surface area contributed by atoms with Crippen LogP contribution in [0.1, 0.15) is 194 Å². The number of esters is 2. The minimum Gasteiger partial charge on any atom is -0.462 e. The van der Waals surface area contributed by atoms with Gasteiger partial charge in [-0.1, -0.05) is 155 Å². The average Bonchev–Trinajstić information content (AvgIpc) is 2.95. The molecule has 0 aliphatic heterocycles. The first-order valence-corrected chi connectivity index (χ1v) is 17.4. The summed E-state index contributed by atoms with van der Waals surface area (Å²) in [4.78, 5) is 35.3. The summed E-state index contributed by atoms with van der Waals surface area (Å²) >= 11 is 0. The number of carbonyl (C=O) groups is 3. The molecule has 0 aromatic carbocycles. The largest absolute Gasteiger partial charge is 0.462 e. The number of rotatable bonds is 32. The quantitative estimate of drug-likeness (QED) is 0.0460. The molecule has 0 rings (SSSR count). The van der Waals surface area contributed by atoms with Crippen LogP contribution in [0.4, 0.5) is 0 Å². The lowest BCUT2D eigenvalue weighted by Crippen LogP contribution is -2.25. The zero-order chi connectivity index (χ0) is 29.4. The molecule has 236 valence electrons. The Morgan fingerprint density at radius 2 is 0.875 bits per heavy atom. The van der Waals surface area contributed by atoms with E-state index < -0.39 is 6.10 Å². The summed E-state index contributed by atoms with van der Waals surface area (Å²) in [5.74, 6) is -0.486. The summed E-state index contributed by atoms with van der Waals surface area (Å²) in [5.41, 5.74) is 0. The van der Waals surface area contributed by atoms with Crippen LogP contribution in [0.2, 0.25) is 0 Å². The lowest BCUT2D eigenvalue weighted by Gasteiger charge is -2.17. The first-order valence-electron chi connectivity index (χ1n) is 17.4. The second-order valence-corrected chi connectivity index (χ2v) is 11.8. The fourth-order valence-corrected chi connectivity index (χ4v) is 5.15. The molecule has 0 aliphatic rings. The number of carbonyl (C=O) groups excluding carboxylic acids is 3. The van der Waals surface area contributed by atoms with Crippen LogP contribution in [0.5, 0.6) is 0 Å². The molecule has 0 radical (unpaired) electrons. The summed E-state index contributed by atoms with van der Waals surface area (Å²) in [6.45, 7) is 4.56. The van der Waals surface area contributed by atoms with Crippen molar-refractivity contribution in [3.05, 3.63) is 0 Å². The molecule has 0 spiro atoms. The van der Waals surface area contributed by atoms with E-state index in [-0.39, 0.29) is 18.5 Å². The summed E-state index contributed by atoms with van der Waals surface area (Å²) in [7, 11) is 0. The topological polar surface area (TPSA) is 69.7 Å². The van der Waals surface area contributed by atoms with Gasteiger partial charge in [-0.25, -0.2) is 0 Å². The maximum Gasteiger partial charge on any atom is 0.306 e. The van der Waals surface area contributed by atoms with Crippen molar-refractivity contribution in [2.24, 2.45) is 0 Å². The second-order valence-electron chi connectivity index (χ2n) is 11.8. The van der Waals surface area contributed by atoms with Crippen LogP contribution in [-0.4, -0.2) is 30.9 Å². The van der Waals surface area contributed by atoms with Crippen LogP contribution in [0.3, 0.4) is 0 Å². The first kappa shape index (κ1) is 38.6. The van der Waals surface area contributed by atoms with Crippen LogP contribution in [0.15, 0.2) is 0 Å². The van der Waals surface area contributed by atoms with E-state index in [1.165, 1.54) is 122 Å². The molecular formula is C35H66O5. The van der Waals surface area contributed by atoms with Gasteiger partial charge in [0.2, 0.25) is 0 Å². The predicted molar refractivity (Wildman–Crippen MR) is 168 cm³/mol. The van der Waals surface area contributed by atoms with Crippen LogP contribution in [0, 0.1) is 0 Å². The number of hydrogen-bond donors (Lipinski definition) is 0. The Morgan fingerprint density at radius 3 is 1.25 bits per heavy atom. The van der Waals surface area contributed by atoms with Crippen molar-refractivity contribution < 1.29 is 23.9 Å². The molecule has 5 nitrogen and oxygen atoms in total. The molecule has 0 saturated heterocycles. The smallest absolute Gasteiger partial charge is 0.306 e. The highest BCUT2D eigenvalue weighted by Crippen LogP contribution is 2.15. The van der Waals surface area contributed by atoms with Crippen molar-refractivity contribution in [1.29, 1.82) is 0 Å². The van der Waals surface area contributed by atoms with Gasteiger partial charge in [0.05, 0.1) is 0 Å². The molecule has 1 atom stereocenters. The normalized spacial score (nSPS) is 11.8. The van der Waals surface area contributed by atoms with Gasteiger partial charge < -0.3 is 14.3 Å². The molecule has 0 aromatic heterocycles. The molecular weight excluding hydrogens is 500 g/mol. The lowest BCUT2D eigenvalue weighted by molar-refractivity contribution is -0.159. The molecule has 40 heavy (non-hydrogen) atoms. The highest BCUT2D eigenvalue weighted by Gasteiger charge is 2.16. The Bertz CT molecular complexity index is 562. The van der Waals surface area contributed by atoms with E-state index in [9.17, 15) is 14.4 Å². The molecule has 0 aromatic rings. The third-order valence-electron chi connectivity index (χ3n) is 7.80. The van der Waals surface area contributed by atoms with Crippen molar-refractivity contribution in [2.45, 2.75) is 200 Å². The third kappa shape index (κ3) is 29.6. The molecule has 0 fully saturated rings. The summed E-state index contributed by atoms with van der Waals surface area (Å²) < 4.78 is 10.9. The minimum atomic E-state index is -0.527. The number of unbranched alkanes of at least 4 members (excludes halogenated alkanes) is 22. The zero-order valence-corrected chi connectivity index (χ0v) is 26.7.